The van der Waals surface area contributed by atoms with Crippen LogP contribution in [-0.2, 0) is 11.2 Å². The van der Waals surface area contributed by atoms with Crippen molar-refractivity contribution in [2.45, 2.75) is 31.8 Å². The molecule has 0 aliphatic heterocycles. The van der Waals surface area contributed by atoms with Gasteiger partial charge in [-0.1, -0.05) is 18.2 Å². The van der Waals surface area contributed by atoms with Crippen LogP contribution in [0.2, 0.25) is 0 Å². The average Bonchev–Trinajstić information content (AvgIpc) is 2.82. The first-order valence-electron chi connectivity index (χ1n) is 6.59. The molecular formula is C15H18N4O. The summed E-state index contributed by atoms with van der Waals surface area (Å²) < 4.78 is 0. The Labute approximate surface area is 117 Å². The molecule has 4 N–H and O–H groups in total. The first-order chi connectivity index (χ1) is 9.61. The molecule has 0 radical (unpaired) electrons. The lowest BCUT2D eigenvalue weighted by atomic mass is 10.0. The molecule has 1 aromatic carbocycles. The summed E-state index contributed by atoms with van der Waals surface area (Å²) in [5.74, 6) is -0.224. The van der Waals surface area contributed by atoms with Crippen LogP contribution in [0.4, 0.5) is 0 Å². The molecule has 0 aliphatic carbocycles. The quantitative estimate of drug-likeness (QED) is 0.767. The number of aromatic amines is 1. The summed E-state index contributed by atoms with van der Waals surface area (Å²) in [5.41, 5.74) is 7.99. The average molecular weight is 270 g/mol. The topological polar surface area (TPSA) is 94.7 Å². The fraction of sp³-hybridized carbons (Fsp3) is 0.333. The number of benzene rings is 1. The lowest BCUT2D eigenvalue weighted by Crippen LogP contribution is -2.45. The van der Waals surface area contributed by atoms with Gasteiger partial charge in [0.15, 0.2) is 0 Å². The third-order valence-corrected chi connectivity index (χ3v) is 3.24. The summed E-state index contributed by atoms with van der Waals surface area (Å²) in [7, 11) is 0. The minimum Gasteiger partial charge on any atom is -0.361 e. The standard InChI is InChI=1S/C15H18N4O/c1-10(6-7-16)19-15(20)13(17)8-11-9-18-14-5-3-2-4-12(11)14/h2-5,9-10,13,18H,6,8,17H2,1H3,(H,19,20)/t10?,13-/m0/s1. The molecule has 0 aliphatic rings. The Morgan fingerprint density at radius 1 is 1.50 bits per heavy atom. The number of nitrogens with one attached hydrogen (secondary N) is 2. The van der Waals surface area contributed by atoms with Crippen molar-refractivity contribution in [3.05, 3.63) is 36.0 Å². The van der Waals surface area contributed by atoms with Gasteiger partial charge in [-0.15, -0.1) is 0 Å². The highest BCUT2D eigenvalue weighted by Crippen LogP contribution is 2.18. The number of nitrogens with zero attached hydrogens (tertiary/aromatic N) is 1. The Morgan fingerprint density at radius 3 is 3.00 bits per heavy atom. The first kappa shape index (κ1) is 14.1. The Hall–Kier alpha value is -2.32. The van der Waals surface area contributed by atoms with Gasteiger partial charge in [0, 0.05) is 23.1 Å². The highest BCUT2D eigenvalue weighted by Gasteiger charge is 2.17. The van der Waals surface area contributed by atoms with Gasteiger partial charge in [0.1, 0.15) is 0 Å². The van der Waals surface area contributed by atoms with Crippen LogP contribution in [0.25, 0.3) is 10.9 Å². The molecule has 0 bridgehead atoms. The number of amides is 1. The maximum absolute atomic E-state index is 11.9. The zero-order valence-electron chi connectivity index (χ0n) is 11.4. The van der Waals surface area contributed by atoms with E-state index >= 15 is 0 Å². The predicted octanol–water partition coefficient (Wildman–Crippen LogP) is 1.46. The maximum atomic E-state index is 11.9. The van der Waals surface area contributed by atoms with Gasteiger partial charge in [-0.25, -0.2) is 0 Å². The molecule has 5 heteroatoms. The lowest BCUT2D eigenvalue weighted by molar-refractivity contribution is -0.122. The van der Waals surface area contributed by atoms with Crippen LogP contribution in [0, 0.1) is 11.3 Å². The Morgan fingerprint density at radius 2 is 2.25 bits per heavy atom. The summed E-state index contributed by atoms with van der Waals surface area (Å²) in [5, 5.41) is 12.4. The van der Waals surface area contributed by atoms with Crippen molar-refractivity contribution in [3.8, 4) is 6.07 Å². The molecule has 0 saturated carbocycles. The zero-order chi connectivity index (χ0) is 14.5. The van der Waals surface area contributed by atoms with Crippen LogP contribution in [0.15, 0.2) is 30.5 Å². The van der Waals surface area contributed by atoms with Crippen molar-refractivity contribution in [1.29, 1.82) is 5.26 Å². The van der Waals surface area contributed by atoms with Gasteiger partial charge in [-0.2, -0.15) is 5.26 Å². The van der Waals surface area contributed by atoms with Crippen LogP contribution in [0.1, 0.15) is 18.9 Å². The summed E-state index contributed by atoms with van der Waals surface area (Å²) in [6.07, 6.45) is 2.64. The molecule has 104 valence electrons. The molecule has 1 heterocycles. The second-order valence-corrected chi connectivity index (χ2v) is 4.94. The van der Waals surface area contributed by atoms with Gasteiger partial charge in [0.25, 0.3) is 0 Å². The Kier molecular flexibility index (Phi) is 4.38. The van der Waals surface area contributed by atoms with E-state index in [1.165, 1.54) is 0 Å². The van der Waals surface area contributed by atoms with Gasteiger partial charge in [0.2, 0.25) is 5.91 Å². The number of hydrogen-bond acceptors (Lipinski definition) is 3. The van der Waals surface area contributed by atoms with E-state index in [0.717, 1.165) is 16.5 Å². The van der Waals surface area contributed by atoms with E-state index in [-0.39, 0.29) is 18.4 Å². The molecule has 2 atom stereocenters. The van der Waals surface area contributed by atoms with E-state index in [1.54, 1.807) is 6.92 Å². The van der Waals surface area contributed by atoms with Gasteiger partial charge >= 0.3 is 0 Å². The molecule has 1 unspecified atom stereocenters. The van der Waals surface area contributed by atoms with Crippen molar-refractivity contribution in [3.63, 3.8) is 0 Å². The van der Waals surface area contributed by atoms with Crippen LogP contribution >= 0.6 is 0 Å². The minimum absolute atomic E-state index is 0.179. The fourth-order valence-corrected chi connectivity index (χ4v) is 2.17. The summed E-state index contributed by atoms with van der Waals surface area (Å²) in [6, 6.07) is 9.13. The smallest absolute Gasteiger partial charge is 0.237 e. The van der Waals surface area contributed by atoms with Crippen LogP contribution in [0.5, 0.6) is 0 Å². The highest BCUT2D eigenvalue weighted by atomic mass is 16.2. The van der Waals surface area contributed by atoms with Gasteiger partial charge in [-0.05, 0) is 25.0 Å². The number of rotatable bonds is 5. The highest BCUT2D eigenvalue weighted by molar-refractivity contribution is 5.86. The lowest BCUT2D eigenvalue weighted by Gasteiger charge is -2.15. The summed E-state index contributed by atoms with van der Waals surface area (Å²) >= 11 is 0. The number of para-hydroxylation sites is 1. The summed E-state index contributed by atoms with van der Waals surface area (Å²) in [6.45, 7) is 1.79. The van der Waals surface area contributed by atoms with Gasteiger partial charge in [0.05, 0.1) is 18.5 Å². The normalized spacial score (nSPS) is 13.7. The second kappa shape index (κ2) is 6.22. The predicted molar refractivity (Wildman–Crippen MR) is 77.8 cm³/mol. The largest absolute Gasteiger partial charge is 0.361 e. The van der Waals surface area contributed by atoms with Crippen LogP contribution < -0.4 is 11.1 Å². The number of carbonyl (C=O) groups excluding carboxylic acids is 1. The molecule has 0 spiro atoms. The SMILES string of the molecule is CC(CC#N)NC(=O)[C@@H](N)Cc1c[nH]c2ccccc12. The van der Waals surface area contributed by atoms with Crippen molar-refractivity contribution in [2.24, 2.45) is 5.73 Å². The third kappa shape index (κ3) is 3.16. The molecule has 5 nitrogen and oxygen atoms in total. The molecule has 1 amide bonds. The van der Waals surface area contributed by atoms with E-state index in [1.807, 2.05) is 36.5 Å². The van der Waals surface area contributed by atoms with E-state index < -0.39 is 6.04 Å². The number of carbonyl (C=O) groups is 1. The van der Waals surface area contributed by atoms with E-state index in [0.29, 0.717) is 6.42 Å². The fourth-order valence-electron chi connectivity index (χ4n) is 2.17. The summed E-state index contributed by atoms with van der Waals surface area (Å²) in [4.78, 5) is 15.1. The van der Waals surface area contributed by atoms with Crippen molar-refractivity contribution < 1.29 is 4.79 Å². The second-order valence-electron chi connectivity index (χ2n) is 4.94. The maximum Gasteiger partial charge on any atom is 0.237 e. The zero-order valence-corrected chi connectivity index (χ0v) is 11.4. The molecule has 0 fully saturated rings. The molecule has 20 heavy (non-hydrogen) atoms. The Balaban J connectivity index is 2.02. The number of nitrogens with two attached hydrogens (primary N) is 1. The van der Waals surface area contributed by atoms with Gasteiger partial charge < -0.3 is 16.0 Å². The monoisotopic (exact) mass is 270 g/mol. The number of aromatic nitrogens is 1. The number of fused-ring (bicyclic) bond motifs is 1. The molecule has 2 rings (SSSR count). The number of hydrogen-bond donors (Lipinski definition) is 3. The molecule has 0 saturated heterocycles. The van der Waals surface area contributed by atoms with Crippen molar-refractivity contribution >= 4 is 16.8 Å². The van der Waals surface area contributed by atoms with Crippen LogP contribution in [-0.4, -0.2) is 23.0 Å². The van der Waals surface area contributed by atoms with Gasteiger partial charge in [-0.3, -0.25) is 4.79 Å². The Bertz CT molecular complexity index is 641. The third-order valence-electron chi connectivity index (χ3n) is 3.24. The first-order valence-corrected chi connectivity index (χ1v) is 6.59. The van der Waals surface area contributed by atoms with E-state index in [9.17, 15) is 4.79 Å². The van der Waals surface area contributed by atoms with E-state index in [2.05, 4.69) is 10.3 Å². The minimum atomic E-state index is -0.615. The number of nitriles is 1. The molecular weight excluding hydrogens is 252 g/mol. The van der Waals surface area contributed by atoms with Crippen molar-refractivity contribution in [2.75, 3.05) is 0 Å². The molecule has 2 aromatic rings. The molecule has 1 aromatic heterocycles. The van der Waals surface area contributed by atoms with Crippen molar-refractivity contribution in [1.82, 2.24) is 10.3 Å². The van der Waals surface area contributed by atoms with Crippen LogP contribution in [0.3, 0.4) is 0 Å². The number of H-pyrrole nitrogens is 1. The van der Waals surface area contributed by atoms with E-state index in [4.69, 9.17) is 11.0 Å².